The van der Waals surface area contributed by atoms with E-state index in [1.54, 1.807) is 0 Å². The summed E-state index contributed by atoms with van der Waals surface area (Å²) >= 11 is 0. The standard InChI is InChI=1S/C22H23NO2/c1-2-19(16-15-17-9-4-3-5-10-17)25-22(24)23-21-14-8-12-18-11-6-7-13-20(18)21/h3-14,19H,2,15-16H2,1H3,(H,23,24)/t19-/m0/s1. The average molecular weight is 333 g/mol. The lowest BCUT2D eigenvalue weighted by Crippen LogP contribution is -2.22. The molecule has 0 saturated carbocycles. The molecule has 25 heavy (non-hydrogen) atoms. The number of anilines is 1. The van der Waals surface area contributed by atoms with Crippen molar-refractivity contribution >= 4 is 22.6 Å². The van der Waals surface area contributed by atoms with Crippen molar-refractivity contribution in [2.75, 3.05) is 5.32 Å². The van der Waals surface area contributed by atoms with Crippen LogP contribution in [-0.2, 0) is 11.2 Å². The Bertz CT molecular complexity index is 824. The normalized spacial score (nSPS) is 11.9. The van der Waals surface area contributed by atoms with Gasteiger partial charge in [-0.3, -0.25) is 5.32 Å². The van der Waals surface area contributed by atoms with Gasteiger partial charge in [0, 0.05) is 5.39 Å². The molecule has 0 saturated heterocycles. The Morgan fingerprint density at radius 3 is 2.48 bits per heavy atom. The van der Waals surface area contributed by atoms with Gasteiger partial charge in [-0.15, -0.1) is 0 Å². The molecule has 0 spiro atoms. The quantitative estimate of drug-likeness (QED) is 0.619. The summed E-state index contributed by atoms with van der Waals surface area (Å²) in [6.07, 6.45) is 2.05. The first-order chi connectivity index (χ1) is 12.3. The van der Waals surface area contributed by atoms with Crippen LogP contribution in [0.2, 0.25) is 0 Å². The van der Waals surface area contributed by atoms with Crippen molar-refractivity contribution in [1.29, 1.82) is 0 Å². The highest BCUT2D eigenvalue weighted by atomic mass is 16.6. The van der Waals surface area contributed by atoms with Gasteiger partial charge < -0.3 is 4.74 Å². The van der Waals surface area contributed by atoms with Crippen LogP contribution in [0, 0.1) is 0 Å². The molecule has 1 amide bonds. The number of amides is 1. The SMILES string of the molecule is CC[C@@H](CCc1ccccc1)OC(=O)Nc1cccc2ccccc12. The third kappa shape index (κ3) is 4.60. The Hall–Kier alpha value is -2.81. The molecule has 1 atom stereocenters. The predicted molar refractivity (Wildman–Crippen MR) is 103 cm³/mol. The lowest BCUT2D eigenvalue weighted by molar-refractivity contribution is 0.103. The molecule has 0 aromatic heterocycles. The van der Waals surface area contributed by atoms with Crippen LogP contribution < -0.4 is 5.32 Å². The third-order valence-electron chi connectivity index (χ3n) is 4.35. The predicted octanol–water partition coefficient (Wildman–Crippen LogP) is 5.80. The van der Waals surface area contributed by atoms with E-state index in [1.807, 2.05) is 67.6 Å². The highest BCUT2D eigenvalue weighted by molar-refractivity contribution is 6.00. The van der Waals surface area contributed by atoms with E-state index in [9.17, 15) is 4.79 Å². The van der Waals surface area contributed by atoms with Gasteiger partial charge in [0.05, 0.1) is 5.69 Å². The minimum Gasteiger partial charge on any atom is -0.446 e. The van der Waals surface area contributed by atoms with Gasteiger partial charge >= 0.3 is 6.09 Å². The van der Waals surface area contributed by atoms with E-state index in [1.165, 1.54) is 5.56 Å². The molecule has 3 aromatic rings. The highest BCUT2D eigenvalue weighted by Gasteiger charge is 2.13. The maximum Gasteiger partial charge on any atom is 0.411 e. The molecule has 0 heterocycles. The molecule has 3 nitrogen and oxygen atoms in total. The zero-order chi connectivity index (χ0) is 17.5. The zero-order valence-electron chi connectivity index (χ0n) is 14.4. The number of nitrogens with one attached hydrogen (secondary N) is 1. The van der Waals surface area contributed by atoms with Gasteiger partial charge in [-0.25, -0.2) is 4.79 Å². The average Bonchev–Trinajstić information content (AvgIpc) is 2.66. The van der Waals surface area contributed by atoms with E-state index < -0.39 is 6.09 Å². The Balaban J connectivity index is 1.60. The van der Waals surface area contributed by atoms with Crippen LogP contribution in [0.5, 0.6) is 0 Å². The molecule has 3 rings (SSSR count). The fourth-order valence-electron chi connectivity index (χ4n) is 2.94. The van der Waals surface area contributed by atoms with Gasteiger partial charge in [0.2, 0.25) is 0 Å². The van der Waals surface area contributed by atoms with Gasteiger partial charge in [-0.05, 0) is 36.3 Å². The smallest absolute Gasteiger partial charge is 0.411 e. The van der Waals surface area contributed by atoms with Crippen LogP contribution in [0.3, 0.4) is 0 Å². The van der Waals surface area contributed by atoms with Crippen molar-refractivity contribution < 1.29 is 9.53 Å². The van der Waals surface area contributed by atoms with E-state index in [2.05, 4.69) is 17.4 Å². The third-order valence-corrected chi connectivity index (χ3v) is 4.35. The summed E-state index contributed by atoms with van der Waals surface area (Å²) in [6, 6.07) is 24.1. The number of benzene rings is 3. The second-order valence-electron chi connectivity index (χ2n) is 6.11. The first kappa shape index (κ1) is 17.0. The number of carbonyl (C=O) groups excluding carboxylic acids is 1. The van der Waals surface area contributed by atoms with Gasteiger partial charge in [-0.1, -0.05) is 73.7 Å². The molecule has 3 aromatic carbocycles. The lowest BCUT2D eigenvalue weighted by Gasteiger charge is -2.17. The summed E-state index contributed by atoms with van der Waals surface area (Å²) in [5.74, 6) is 0. The minimum atomic E-state index is -0.392. The number of rotatable bonds is 6. The zero-order valence-corrected chi connectivity index (χ0v) is 14.4. The van der Waals surface area contributed by atoms with Crippen LogP contribution in [0.4, 0.5) is 10.5 Å². The van der Waals surface area contributed by atoms with Crippen molar-refractivity contribution in [2.45, 2.75) is 32.3 Å². The van der Waals surface area contributed by atoms with Gasteiger partial charge in [0.1, 0.15) is 6.10 Å². The molecule has 0 radical (unpaired) electrons. The molecule has 0 unspecified atom stereocenters. The molecule has 0 aliphatic rings. The Kier molecular flexibility index (Phi) is 5.68. The Morgan fingerprint density at radius 2 is 1.68 bits per heavy atom. The number of ether oxygens (including phenoxy) is 1. The number of hydrogen-bond acceptors (Lipinski definition) is 2. The summed E-state index contributed by atoms with van der Waals surface area (Å²) < 4.78 is 5.62. The van der Waals surface area contributed by atoms with Crippen molar-refractivity contribution in [2.24, 2.45) is 0 Å². The second-order valence-corrected chi connectivity index (χ2v) is 6.11. The number of aryl methyl sites for hydroxylation is 1. The molecule has 1 N–H and O–H groups in total. The summed E-state index contributed by atoms with van der Waals surface area (Å²) in [4.78, 5) is 12.3. The van der Waals surface area contributed by atoms with E-state index in [-0.39, 0.29) is 6.10 Å². The molecule has 3 heteroatoms. The second kappa shape index (κ2) is 8.34. The van der Waals surface area contributed by atoms with Crippen LogP contribution in [0.25, 0.3) is 10.8 Å². The van der Waals surface area contributed by atoms with E-state index in [0.717, 1.165) is 35.7 Å². The van der Waals surface area contributed by atoms with Crippen LogP contribution >= 0.6 is 0 Å². The van der Waals surface area contributed by atoms with Crippen molar-refractivity contribution in [1.82, 2.24) is 0 Å². The molecule has 128 valence electrons. The molecular weight excluding hydrogens is 310 g/mol. The summed E-state index contributed by atoms with van der Waals surface area (Å²) in [7, 11) is 0. The first-order valence-corrected chi connectivity index (χ1v) is 8.75. The largest absolute Gasteiger partial charge is 0.446 e. The lowest BCUT2D eigenvalue weighted by atomic mass is 10.1. The summed E-state index contributed by atoms with van der Waals surface area (Å²) in [5, 5.41) is 4.99. The van der Waals surface area contributed by atoms with Crippen LogP contribution in [-0.4, -0.2) is 12.2 Å². The number of carbonyl (C=O) groups is 1. The molecule has 0 aliphatic carbocycles. The molecule has 0 fully saturated rings. The Labute approximate surface area is 148 Å². The summed E-state index contributed by atoms with van der Waals surface area (Å²) in [5.41, 5.74) is 2.04. The topological polar surface area (TPSA) is 38.3 Å². The van der Waals surface area contributed by atoms with Crippen molar-refractivity contribution in [3.05, 3.63) is 78.4 Å². The first-order valence-electron chi connectivity index (χ1n) is 8.75. The van der Waals surface area contributed by atoms with Crippen LogP contribution in [0.15, 0.2) is 72.8 Å². The van der Waals surface area contributed by atoms with E-state index in [0.29, 0.717) is 0 Å². The Morgan fingerprint density at radius 1 is 0.960 bits per heavy atom. The van der Waals surface area contributed by atoms with Crippen LogP contribution in [0.1, 0.15) is 25.3 Å². The minimum absolute atomic E-state index is 0.0878. The van der Waals surface area contributed by atoms with Gasteiger partial charge in [0.25, 0.3) is 0 Å². The maximum absolute atomic E-state index is 12.3. The maximum atomic E-state index is 12.3. The number of fused-ring (bicyclic) bond motifs is 1. The fraction of sp³-hybridized carbons (Fsp3) is 0.227. The number of hydrogen-bond donors (Lipinski definition) is 1. The van der Waals surface area contributed by atoms with E-state index in [4.69, 9.17) is 4.74 Å². The molecule has 0 aliphatic heterocycles. The van der Waals surface area contributed by atoms with E-state index >= 15 is 0 Å². The molecular formula is C22H23NO2. The van der Waals surface area contributed by atoms with Gasteiger partial charge in [-0.2, -0.15) is 0 Å². The molecule has 0 bridgehead atoms. The monoisotopic (exact) mass is 333 g/mol. The van der Waals surface area contributed by atoms with Crippen molar-refractivity contribution in [3.63, 3.8) is 0 Å². The van der Waals surface area contributed by atoms with Crippen molar-refractivity contribution in [3.8, 4) is 0 Å². The fourth-order valence-corrected chi connectivity index (χ4v) is 2.94. The highest BCUT2D eigenvalue weighted by Crippen LogP contribution is 2.23. The summed E-state index contributed by atoms with van der Waals surface area (Å²) in [6.45, 7) is 2.04. The van der Waals surface area contributed by atoms with Gasteiger partial charge in [0.15, 0.2) is 0 Å².